The Morgan fingerprint density at radius 3 is 2.56 bits per heavy atom. The molecule has 3 aromatic rings. The van der Waals surface area contributed by atoms with Gasteiger partial charge in [0.25, 0.3) is 10.0 Å². The van der Waals surface area contributed by atoms with Crippen LogP contribution in [0.4, 0.5) is 11.5 Å². The molecule has 4 rings (SSSR count). The summed E-state index contributed by atoms with van der Waals surface area (Å²) in [4.78, 5) is 21.1. The number of pyridine rings is 1. The molecule has 0 atom stereocenters. The zero-order chi connectivity index (χ0) is 24.3. The second kappa shape index (κ2) is 9.67. The molecular formula is C24H25N5O4S. The molecule has 2 N–H and O–H groups in total. The molecule has 34 heavy (non-hydrogen) atoms. The molecule has 0 saturated carbocycles. The highest BCUT2D eigenvalue weighted by molar-refractivity contribution is 7.92. The van der Waals surface area contributed by atoms with Crippen LogP contribution in [0.3, 0.4) is 0 Å². The minimum Gasteiger partial charge on any atom is -0.478 e. The number of nitriles is 1. The first-order chi connectivity index (χ1) is 16.3. The average molecular weight is 480 g/mol. The molecule has 0 bridgehead atoms. The molecule has 1 fully saturated rings. The van der Waals surface area contributed by atoms with Crippen LogP contribution < -0.4 is 9.62 Å². The van der Waals surface area contributed by atoms with E-state index in [9.17, 15) is 18.3 Å². The van der Waals surface area contributed by atoms with Crippen molar-refractivity contribution in [3.8, 4) is 6.07 Å². The van der Waals surface area contributed by atoms with Crippen LogP contribution in [-0.2, 0) is 10.0 Å². The first kappa shape index (κ1) is 23.5. The van der Waals surface area contributed by atoms with Gasteiger partial charge in [-0.25, -0.2) is 18.2 Å². The number of sulfonamides is 1. The van der Waals surface area contributed by atoms with Crippen molar-refractivity contribution in [2.24, 2.45) is 0 Å². The lowest BCUT2D eigenvalue weighted by Gasteiger charge is -2.35. The lowest BCUT2D eigenvalue weighted by atomic mass is 10.1. The highest BCUT2D eigenvalue weighted by Crippen LogP contribution is 2.28. The molecule has 0 amide bonds. The second-order valence-corrected chi connectivity index (χ2v) is 9.82. The maximum atomic E-state index is 12.9. The van der Waals surface area contributed by atoms with Crippen molar-refractivity contribution in [2.75, 3.05) is 42.3 Å². The maximum absolute atomic E-state index is 12.9. The monoisotopic (exact) mass is 479 g/mol. The van der Waals surface area contributed by atoms with Gasteiger partial charge in [-0.05, 0) is 42.8 Å². The van der Waals surface area contributed by atoms with Crippen molar-refractivity contribution in [3.63, 3.8) is 0 Å². The Bertz CT molecular complexity index is 1380. The van der Waals surface area contributed by atoms with E-state index in [4.69, 9.17) is 5.26 Å². The van der Waals surface area contributed by atoms with Gasteiger partial charge in [0.2, 0.25) is 0 Å². The van der Waals surface area contributed by atoms with Gasteiger partial charge in [-0.2, -0.15) is 5.26 Å². The normalized spacial score (nSPS) is 14.6. The largest absolute Gasteiger partial charge is 0.478 e. The van der Waals surface area contributed by atoms with E-state index in [1.165, 1.54) is 18.2 Å². The number of aromatic nitrogens is 1. The summed E-state index contributed by atoms with van der Waals surface area (Å²) in [7, 11) is -3.83. The van der Waals surface area contributed by atoms with E-state index in [1.54, 1.807) is 37.3 Å². The first-order valence-electron chi connectivity index (χ1n) is 10.9. The third-order valence-electron chi connectivity index (χ3n) is 5.90. The predicted octanol–water partition coefficient (Wildman–Crippen LogP) is 3.08. The zero-order valence-corrected chi connectivity index (χ0v) is 19.5. The predicted molar refractivity (Wildman–Crippen MR) is 130 cm³/mol. The number of aromatic carboxylic acids is 1. The Morgan fingerprint density at radius 2 is 1.88 bits per heavy atom. The number of nitrogens with zero attached hydrogens (tertiary/aromatic N) is 4. The Hall–Kier alpha value is -3.68. The van der Waals surface area contributed by atoms with Crippen LogP contribution in [0.1, 0.15) is 22.3 Å². The van der Waals surface area contributed by atoms with Gasteiger partial charge in [-0.15, -0.1) is 0 Å². The van der Waals surface area contributed by atoms with Crippen LogP contribution in [0.2, 0.25) is 0 Å². The number of hydrogen-bond donors (Lipinski definition) is 2. The quantitative estimate of drug-likeness (QED) is 0.529. The van der Waals surface area contributed by atoms with Gasteiger partial charge in [0, 0.05) is 50.2 Å². The van der Waals surface area contributed by atoms with E-state index in [0.717, 1.165) is 19.6 Å². The summed E-state index contributed by atoms with van der Waals surface area (Å²) >= 11 is 0. The van der Waals surface area contributed by atoms with E-state index in [-0.39, 0.29) is 16.1 Å². The second-order valence-electron chi connectivity index (χ2n) is 8.17. The van der Waals surface area contributed by atoms with Crippen molar-refractivity contribution in [3.05, 3.63) is 59.7 Å². The van der Waals surface area contributed by atoms with Gasteiger partial charge in [-0.3, -0.25) is 9.62 Å². The third kappa shape index (κ3) is 4.95. The minimum atomic E-state index is -3.83. The highest BCUT2D eigenvalue weighted by Gasteiger charge is 2.22. The smallest absolute Gasteiger partial charge is 0.336 e. The number of aryl methyl sites for hydroxylation is 1. The number of rotatable bonds is 7. The van der Waals surface area contributed by atoms with Gasteiger partial charge in [-0.1, -0.05) is 18.2 Å². The summed E-state index contributed by atoms with van der Waals surface area (Å²) in [6, 6.07) is 15.1. The van der Waals surface area contributed by atoms with Crippen molar-refractivity contribution >= 4 is 38.4 Å². The molecular weight excluding hydrogens is 454 g/mol. The summed E-state index contributed by atoms with van der Waals surface area (Å²) in [5.74, 6) is -0.543. The maximum Gasteiger partial charge on any atom is 0.336 e. The SMILES string of the molecule is Cc1ccccc1S(=O)(=O)Nc1ccc2nc(N3CCN(CCC#N)CC3)cc(C(=O)O)c2c1. The average Bonchev–Trinajstić information content (AvgIpc) is 2.82. The standard InChI is InChI=1S/C24H25N5O4S/c1-17-5-2-3-6-22(17)34(32,33)27-18-7-8-21-19(15-18)20(24(30)31)16-23(26-21)29-13-11-28(12-14-29)10-4-9-25/h2-3,5-8,15-16,27H,4,10-14H2,1H3,(H,30,31). The van der Waals surface area contributed by atoms with Crippen LogP contribution in [0, 0.1) is 18.3 Å². The molecule has 1 aromatic heterocycles. The van der Waals surface area contributed by atoms with Gasteiger partial charge in [0.05, 0.1) is 22.0 Å². The lowest BCUT2D eigenvalue weighted by molar-refractivity contribution is 0.0699. The molecule has 2 aromatic carbocycles. The first-order valence-corrected chi connectivity index (χ1v) is 12.4. The molecule has 1 saturated heterocycles. The summed E-state index contributed by atoms with van der Waals surface area (Å²) in [5, 5.41) is 19.0. The number of anilines is 2. The Kier molecular flexibility index (Phi) is 6.68. The number of carboxylic acids is 1. The summed E-state index contributed by atoms with van der Waals surface area (Å²) in [5.41, 5.74) is 1.41. The number of hydrogen-bond acceptors (Lipinski definition) is 7. The number of carbonyl (C=O) groups is 1. The van der Waals surface area contributed by atoms with E-state index < -0.39 is 16.0 Å². The highest BCUT2D eigenvalue weighted by atomic mass is 32.2. The molecule has 0 radical (unpaired) electrons. The van der Waals surface area contributed by atoms with Crippen molar-refractivity contribution in [1.29, 1.82) is 5.26 Å². The fourth-order valence-corrected chi connectivity index (χ4v) is 5.39. The van der Waals surface area contributed by atoms with Gasteiger partial charge in [0.1, 0.15) is 5.82 Å². The zero-order valence-electron chi connectivity index (χ0n) is 18.7. The minimum absolute atomic E-state index is 0.0591. The van der Waals surface area contributed by atoms with E-state index >= 15 is 0 Å². The lowest BCUT2D eigenvalue weighted by Crippen LogP contribution is -2.46. The Labute approximate surface area is 198 Å². The van der Waals surface area contributed by atoms with Crippen LogP contribution in [0.5, 0.6) is 0 Å². The summed E-state index contributed by atoms with van der Waals surface area (Å²) < 4.78 is 28.3. The number of fused-ring (bicyclic) bond motifs is 1. The number of nitrogens with one attached hydrogen (secondary N) is 1. The van der Waals surface area contributed by atoms with Crippen molar-refractivity contribution in [2.45, 2.75) is 18.2 Å². The van der Waals surface area contributed by atoms with E-state index in [0.29, 0.717) is 41.8 Å². The van der Waals surface area contributed by atoms with Crippen molar-refractivity contribution in [1.82, 2.24) is 9.88 Å². The molecule has 0 aliphatic carbocycles. The summed E-state index contributed by atoms with van der Waals surface area (Å²) in [6.45, 7) is 5.32. The van der Waals surface area contributed by atoms with Crippen LogP contribution in [0.25, 0.3) is 10.9 Å². The van der Waals surface area contributed by atoms with Gasteiger partial charge < -0.3 is 10.0 Å². The van der Waals surface area contributed by atoms with Crippen LogP contribution in [0.15, 0.2) is 53.4 Å². The molecule has 9 nitrogen and oxygen atoms in total. The Balaban J connectivity index is 1.63. The molecule has 10 heteroatoms. The molecule has 2 heterocycles. The molecule has 0 unspecified atom stereocenters. The molecule has 176 valence electrons. The molecule has 0 spiro atoms. The molecule has 1 aliphatic rings. The third-order valence-corrected chi connectivity index (χ3v) is 7.44. The number of benzene rings is 2. The van der Waals surface area contributed by atoms with Crippen molar-refractivity contribution < 1.29 is 18.3 Å². The van der Waals surface area contributed by atoms with E-state index in [2.05, 4.69) is 20.7 Å². The number of carboxylic acid groups (broad SMARTS) is 1. The topological polar surface area (TPSA) is 127 Å². The van der Waals surface area contributed by atoms with E-state index in [1.807, 2.05) is 4.90 Å². The fourth-order valence-electron chi connectivity index (χ4n) is 4.09. The number of piperazine rings is 1. The van der Waals surface area contributed by atoms with Crippen LogP contribution in [-0.4, -0.2) is 62.1 Å². The Morgan fingerprint density at radius 1 is 1.15 bits per heavy atom. The van der Waals surface area contributed by atoms with Gasteiger partial charge in [0.15, 0.2) is 0 Å². The van der Waals surface area contributed by atoms with Crippen LogP contribution >= 0.6 is 0 Å². The van der Waals surface area contributed by atoms with Gasteiger partial charge >= 0.3 is 5.97 Å². The summed E-state index contributed by atoms with van der Waals surface area (Å²) in [6.07, 6.45) is 0.479. The fraction of sp³-hybridized carbons (Fsp3) is 0.292. The molecule has 1 aliphatic heterocycles.